The monoisotopic (exact) mass is 521 g/mol. The summed E-state index contributed by atoms with van der Waals surface area (Å²) in [5, 5.41) is 0.895. The molecule has 1 saturated carbocycles. The minimum atomic E-state index is -4.57. The number of rotatable bonds is 2. The van der Waals surface area contributed by atoms with Crippen LogP contribution in [-0.2, 0) is 23.1 Å². The van der Waals surface area contributed by atoms with Crippen LogP contribution in [-0.4, -0.2) is 42.5 Å². The highest BCUT2D eigenvalue weighted by Gasteiger charge is 2.60. The van der Waals surface area contributed by atoms with Gasteiger partial charge < -0.3 is 0 Å². The second-order valence-corrected chi connectivity index (χ2v) is 12.4. The van der Waals surface area contributed by atoms with Crippen LogP contribution in [0.5, 0.6) is 0 Å². The molecule has 1 aromatic carbocycles. The van der Waals surface area contributed by atoms with E-state index in [-0.39, 0.29) is 18.4 Å². The summed E-state index contributed by atoms with van der Waals surface area (Å²) < 4.78 is 68.3. The molecule has 2 bridgehead atoms. The largest absolute Gasteiger partial charge is 0.402 e. The van der Waals surface area contributed by atoms with Gasteiger partial charge in [0.05, 0.1) is 15.5 Å². The number of nitrogens with zero attached hydrogens (tertiary/aromatic N) is 2. The normalized spacial score (nSPS) is 30.5. The van der Waals surface area contributed by atoms with Crippen molar-refractivity contribution >= 4 is 37.5 Å². The number of thiazole rings is 1. The SMILES string of the molecule is O=S1(=O)N[C@]2(CN1CC(F)(F)F)[C@@H]1CC[C@H]2Cc2cc(-c3ncc(Br)s3)ccc2C1. The van der Waals surface area contributed by atoms with Crippen molar-refractivity contribution < 1.29 is 21.6 Å². The lowest BCUT2D eigenvalue weighted by molar-refractivity contribution is -0.136. The summed E-state index contributed by atoms with van der Waals surface area (Å²) in [5.41, 5.74) is 2.45. The first kappa shape index (κ1) is 20.9. The first-order valence-corrected chi connectivity index (χ1v) is 12.7. The number of aromatic nitrogens is 1. The Morgan fingerprint density at radius 1 is 1.23 bits per heavy atom. The van der Waals surface area contributed by atoms with Gasteiger partial charge in [-0.25, -0.2) is 4.98 Å². The summed E-state index contributed by atoms with van der Waals surface area (Å²) in [5.74, 6) is -0.0494. The van der Waals surface area contributed by atoms with Crippen LogP contribution in [0, 0.1) is 11.8 Å². The third-order valence-electron chi connectivity index (χ3n) is 6.64. The third kappa shape index (κ3) is 3.52. The van der Waals surface area contributed by atoms with E-state index in [1.165, 1.54) is 11.3 Å². The second kappa shape index (κ2) is 6.99. The maximum Gasteiger partial charge on any atom is 0.402 e. The first-order chi connectivity index (χ1) is 14.1. The Morgan fingerprint density at radius 2 is 1.93 bits per heavy atom. The standard InChI is InChI=1S/C19H19BrF3N3O2S2/c20-16-8-24-17(29-16)12-2-1-11-6-14-3-4-15(7-13(11)5-12)18(14)9-26(10-19(21,22)23)30(27,28)25-18/h1-2,5,8,14-15,25H,3-4,6-7,9-10H2/t14-,15+,18-/m1/s1. The average molecular weight is 522 g/mol. The number of hydrogen-bond donors (Lipinski definition) is 1. The van der Waals surface area contributed by atoms with E-state index >= 15 is 0 Å². The summed E-state index contributed by atoms with van der Waals surface area (Å²) in [6.07, 6.45) is 0.118. The molecule has 5 nitrogen and oxygen atoms in total. The van der Waals surface area contributed by atoms with Gasteiger partial charge in [0.25, 0.3) is 10.2 Å². The summed E-state index contributed by atoms with van der Waals surface area (Å²) in [6, 6.07) is 6.18. The number of hydrogen-bond acceptors (Lipinski definition) is 4. The van der Waals surface area contributed by atoms with Crippen molar-refractivity contribution in [1.29, 1.82) is 0 Å². The topological polar surface area (TPSA) is 62.3 Å². The van der Waals surface area contributed by atoms with Gasteiger partial charge in [0.1, 0.15) is 11.6 Å². The average Bonchev–Trinajstić information content (AvgIpc) is 3.22. The van der Waals surface area contributed by atoms with Crippen LogP contribution < -0.4 is 4.72 Å². The van der Waals surface area contributed by atoms with Gasteiger partial charge in [0, 0.05) is 12.1 Å². The van der Waals surface area contributed by atoms with Crippen molar-refractivity contribution in [2.75, 3.05) is 13.1 Å². The fourth-order valence-electron chi connectivity index (χ4n) is 5.37. The highest BCUT2D eigenvalue weighted by Crippen LogP contribution is 2.51. The predicted octanol–water partition coefficient (Wildman–Crippen LogP) is 4.15. The van der Waals surface area contributed by atoms with Crippen molar-refractivity contribution in [3.05, 3.63) is 39.3 Å². The number of nitrogens with one attached hydrogen (secondary N) is 1. The van der Waals surface area contributed by atoms with Gasteiger partial charge in [-0.15, -0.1) is 11.3 Å². The first-order valence-electron chi connectivity index (χ1n) is 9.65. The molecule has 0 amide bonds. The molecule has 1 aromatic heterocycles. The van der Waals surface area contributed by atoms with Crippen LogP contribution in [0.4, 0.5) is 13.2 Å². The summed E-state index contributed by atoms with van der Waals surface area (Å²) in [4.78, 5) is 4.41. The van der Waals surface area contributed by atoms with Gasteiger partial charge in [-0.3, -0.25) is 0 Å². The number of benzene rings is 1. The van der Waals surface area contributed by atoms with E-state index in [4.69, 9.17) is 0 Å². The molecule has 1 N–H and O–H groups in total. The maximum absolute atomic E-state index is 13.0. The Balaban J connectivity index is 1.48. The van der Waals surface area contributed by atoms with E-state index in [1.807, 2.05) is 6.07 Å². The van der Waals surface area contributed by atoms with E-state index in [0.29, 0.717) is 17.1 Å². The number of halogens is 4. The lowest BCUT2D eigenvalue weighted by Gasteiger charge is -2.33. The Bertz CT molecular complexity index is 1100. The molecule has 11 heteroatoms. The molecule has 2 heterocycles. The highest BCUT2D eigenvalue weighted by atomic mass is 79.9. The van der Waals surface area contributed by atoms with Crippen molar-refractivity contribution in [3.8, 4) is 10.6 Å². The molecule has 162 valence electrons. The summed E-state index contributed by atoms with van der Waals surface area (Å²) in [7, 11) is -4.16. The Labute approximate surface area is 185 Å². The van der Waals surface area contributed by atoms with E-state index < -0.39 is 28.5 Å². The van der Waals surface area contributed by atoms with Crippen molar-refractivity contribution in [2.24, 2.45) is 11.8 Å². The molecule has 5 rings (SSSR count). The molecular formula is C19H19BrF3N3O2S2. The van der Waals surface area contributed by atoms with Crippen molar-refractivity contribution in [3.63, 3.8) is 0 Å². The molecule has 2 aliphatic carbocycles. The lowest BCUT2D eigenvalue weighted by atomic mass is 9.79. The van der Waals surface area contributed by atoms with Gasteiger partial charge in [-0.1, -0.05) is 12.1 Å². The molecule has 3 aliphatic rings. The van der Waals surface area contributed by atoms with Gasteiger partial charge >= 0.3 is 6.18 Å². The van der Waals surface area contributed by atoms with Crippen LogP contribution in [0.3, 0.4) is 0 Å². The highest BCUT2D eigenvalue weighted by molar-refractivity contribution is 9.11. The number of fused-ring (bicyclic) bond motifs is 1. The van der Waals surface area contributed by atoms with E-state index in [0.717, 1.165) is 38.3 Å². The Kier molecular flexibility index (Phi) is 4.87. The smallest absolute Gasteiger partial charge is 0.243 e. The van der Waals surface area contributed by atoms with Crippen LogP contribution in [0.25, 0.3) is 10.6 Å². The summed E-state index contributed by atoms with van der Waals surface area (Å²) in [6.45, 7) is -1.57. The van der Waals surface area contributed by atoms with Crippen LogP contribution in [0.15, 0.2) is 28.2 Å². The quantitative estimate of drug-likeness (QED) is 0.645. The number of alkyl halides is 3. The molecule has 2 fully saturated rings. The predicted molar refractivity (Wildman–Crippen MR) is 111 cm³/mol. The molecule has 0 radical (unpaired) electrons. The van der Waals surface area contributed by atoms with Crippen LogP contribution in [0.1, 0.15) is 24.0 Å². The molecular weight excluding hydrogens is 503 g/mol. The second-order valence-electron chi connectivity index (χ2n) is 8.36. The van der Waals surface area contributed by atoms with Gasteiger partial charge in [0.15, 0.2) is 0 Å². The van der Waals surface area contributed by atoms with Gasteiger partial charge in [-0.2, -0.15) is 30.6 Å². The zero-order chi connectivity index (χ0) is 21.3. The molecule has 2 aromatic rings. The minimum absolute atomic E-state index is 0.0170. The Hall–Kier alpha value is -1.01. The summed E-state index contributed by atoms with van der Waals surface area (Å²) >= 11 is 4.96. The molecule has 1 spiro atoms. The van der Waals surface area contributed by atoms with Crippen molar-refractivity contribution in [1.82, 2.24) is 14.0 Å². The maximum atomic E-state index is 13.0. The third-order valence-corrected chi connectivity index (χ3v) is 9.74. The zero-order valence-electron chi connectivity index (χ0n) is 15.7. The molecule has 30 heavy (non-hydrogen) atoms. The van der Waals surface area contributed by atoms with Gasteiger partial charge in [0.2, 0.25) is 0 Å². The molecule has 3 atom stereocenters. The Morgan fingerprint density at radius 3 is 2.57 bits per heavy atom. The molecule has 1 aliphatic heterocycles. The fraction of sp³-hybridized carbons (Fsp3) is 0.526. The van der Waals surface area contributed by atoms with Gasteiger partial charge in [-0.05, 0) is 70.6 Å². The minimum Gasteiger partial charge on any atom is -0.243 e. The van der Waals surface area contributed by atoms with E-state index in [1.54, 1.807) is 6.20 Å². The fourth-order valence-corrected chi connectivity index (χ4v) is 8.28. The van der Waals surface area contributed by atoms with Crippen LogP contribution >= 0.6 is 27.3 Å². The molecule has 0 unspecified atom stereocenters. The van der Waals surface area contributed by atoms with E-state index in [2.05, 4.69) is 37.8 Å². The lowest BCUT2D eigenvalue weighted by Crippen LogP contribution is -2.52. The van der Waals surface area contributed by atoms with Crippen LogP contribution in [0.2, 0.25) is 0 Å². The zero-order valence-corrected chi connectivity index (χ0v) is 19.0. The van der Waals surface area contributed by atoms with Crippen molar-refractivity contribution in [2.45, 2.75) is 37.4 Å². The molecule has 1 saturated heterocycles. The van der Waals surface area contributed by atoms with E-state index in [9.17, 15) is 21.6 Å².